The first-order valence-electron chi connectivity index (χ1n) is 9.26. The SMILES string of the molecule is CCN(CC)C(=O)[C@@H]1C[C@@H](NC(=O)c2cc(C)on2)CN1Cc1cnc[nH]1. The third kappa shape index (κ3) is 4.36. The molecular weight excluding hydrogens is 348 g/mol. The lowest BCUT2D eigenvalue weighted by atomic mass is 10.1. The van der Waals surface area contributed by atoms with E-state index in [1.807, 2.05) is 18.7 Å². The number of carbonyl (C=O) groups is 2. The summed E-state index contributed by atoms with van der Waals surface area (Å²) in [6.07, 6.45) is 3.94. The lowest BCUT2D eigenvalue weighted by Gasteiger charge is -2.28. The number of amides is 2. The third-order valence-corrected chi connectivity index (χ3v) is 4.89. The molecular formula is C18H26N6O3. The van der Waals surface area contributed by atoms with Crippen molar-refractivity contribution in [2.24, 2.45) is 0 Å². The van der Waals surface area contributed by atoms with Crippen LogP contribution in [0.1, 0.15) is 42.2 Å². The van der Waals surface area contributed by atoms with E-state index in [9.17, 15) is 9.59 Å². The monoisotopic (exact) mass is 374 g/mol. The zero-order chi connectivity index (χ0) is 19.4. The molecule has 3 heterocycles. The first-order chi connectivity index (χ1) is 13.0. The van der Waals surface area contributed by atoms with Crippen LogP contribution in [0.15, 0.2) is 23.1 Å². The minimum atomic E-state index is -0.283. The van der Waals surface area contributed by atoms with E-state index in [4.69, 9.17) is 4.52 Å². The summed E-state index contributed by atoms with van der Waals surface area (Å²) in [7, 11) is 0. The van der Waals surface area contributed by atoms with Crippen LogP contribution in [0.4, 0.5) is 0 Å². The lowest BCUT2D eigenvalue weighted by Crippen LogP contribution is -2.45. The molecule has 0 unspecified atom stereocenters. The Labute approximate surface area is 158 Å². The highest BCUT2D eigenvalue weighted by Crippen LogP contribution is 2.22. The van der Waals surface area contributed by atoms with Gasteiger partial charge in [-0.15, -0.1) is 0 Å². The zero-order valence-corrected chi connectivity index (χ0v) is 15.9. The van der Waals surface area contributed by atoms with Crippen molar-refractivity contribution in [2.45, 2.75) is 45.8 Å². The van der Waals surface area contributed by atoms with Crippen LogP contribution in [0.5, 0.6) is 0 Å². The fourth-order valence-electron chi connectivity index (χ4n) is 3.51. The highest BCUT2D eigenvalue weighted by atomic mass is 16.5. The molecule has 2 N–H and O–H groups in total. The van der Waals surface area contributed by atoms with Crippen LogP contribution >= 0.6 is 0 Å². The number of likely N-dealkylation sites (N-methyl/N-ethyl adjacent to an activating group) is 1. The minimum absolute atomic E-state index is 0.0912. The highest BCUT2D eigenvalue weighted by molar-refractivity contribution is 5.92. The average molecular weight is 374 g/mol. The number of aromatic nitrogens is 3. The van der Waals surface area contributed by atoms with E-state index in [-0.39, 0.29) is 29.6 Å². The van der Waals surface area contributed by atoms with Gasteiger partial charge in [-0.1, -0.05) is 5.16 Å². The van der Waals surface area contributed by atoms with Gasteiger partial charge in [0.05, 0.1) is 12.4 Å². The van der Waals surface area contributed by atoms with Gasteiger partial charge in [-0.3, -0.25) is 14.5 Å². The molecule has 2 aromatic rings. The van der Waals surface area contributed by atoms with Gasteiger partial charge in [-0.25, -0.2) is 4.98 Å². The first-order valence-corrected chi connectivity index (χ1v) is 9.26. The Morgan fingerprint density at radius 2 is 2.19 bits per heavy atom. The summed E-state index contributed by atoms with van der Waals surface area (Å²) in [5.41, 5.74) is 1.19. The molecule has 2 atom stereocenters. The summed E-state index contributed by atoms with van der Waals surface area (Å²) in [6.45, 7) is 8.18. The van der Waals surface area contributed by atoms with Crippen molar-refractivity contribution < 1.29 is 14.1 Å². The van der Waals surface area contributed by atoms with Crippen molar-refractivity contribution in [1.29, 1.82) is 0 Å². The molecule has 9 nitrogen and oxygen atoms in total. The first kappa shape index (κ1) is 19.1. The Bertz CT molecular complexity index is 768. The quantitative estimate of drug-likeness (QED) is 0.747. The summed E-state index contributed by atoms with van der Waals surface area (Å²) in [5.74, 6) is 0.393. The molecule has 0 aromatic carbocycles. The zero-order valence-electron chi connectivity index (χ0n) is 15.9. The lowest BCUT2D eigenvalue weighted by molar-refractivity contribution is -0.135. The molecule has 0 spiro atoms. The molecule has 1 aliphatic heterocycles. The van der Waals surface area contributed by atoms with Crippen LogP contribution in [0.25, 0.3) is 0 Å². The summed E-state index contributed by atoms with van der Waals surface area (Å²) in [4.78, 5) is 36.4. The molecule has 1 aliphatic rings. The molecule has 1 saturated heterocycles. The second-order valence-corrected chi connectivity index (χ2v) is 6.76. The maximum Gasteiger partial charge on any atom is 0.273 e. The number of aryl methyl sites for hydroxylation is 1. The third-order valence-electron chi connectivity index (χ3n) is 4.89. The Hall–Kier alpha value is -2.68. The normalized spacial score (nSPS) is 20.0. The molecule has 2 amide bonds. The van der Waals surface area contributed by atoms with Gasteiger partial charge in [-0.2, -0.15) is 0 Å². The number of carbonyl (C=O) groups excluding carboxylic acids is 2. The van der Waals surface area contributed by atoms with Crippen LogP contribution in [0.2, 0.25) is 0 Å². The molecule has 2 aromatic heterocycles. The number of likely N-dealkylation sites (tertiary alicyclic amines) is 1. The summed E-state index contributed by atoms with van der Waals surface area (Å²) >= 11 is 0. The molecule has 27 heavy (non-hydrogen) atoms. The van der Waals surface area contributed by atoms with Crippen LogP contribution < -0.4 is 5.32 Å². The topological polar surface area (TPSA) is 107 Å². The van der Waals surface area contributed by atoms with Crippen molar-refractivity contribution in [3.05, 3.63) is 35.7 Å². The van der Waals surface area contributed by atoms with E-state index in [0.717, 1.165) is 5.69 Å². The number of imidazole rings is 1. The maximum absolute atomic E-state index is 13.0. The largest absolute Gasteiger partial charge is 0.361 e. The molecule has 9 heteroatoms. The van der Waals surface area contributed by atoms with E-state index < -0.39 is 0 Å². The standard InChI is InChI=1S/C18H26N6O3/c1-4-23(5-2)18(26)16-7-13(9-24(16)10-14-8-19-11-20-14)21-17(25)15-6-12(3)27-22-15/h6,8,11,13,16H,4-5,7,9-10H2,1-3H3,(H,19,20)(H,21,25)/t13-,16+/m1/s1. The highest BCUT2D eigenvalue weighted by Gasteiger charge is 2.39. The fourth-order valence-corrected chi connectivity index (χ4v) is 3.51. The van der Waals surface area contributed by atoms with Crippen LogP contribution in [-0.2, 0) is 11.3 Å². The van der Waals surface area contributed by atoms with Gasteiger partial charge < -0.3 is 19.7 Å². The van der Waals surface area contributed by atoms with E-state index >= 15 is 0 Å². The minimum Gasteiger partial charge on any atom is -0.361 e. The number of hydrogen-bond acceptors (Lipinski definition) is 6. The molecule has 0 saturated carbocycles. The molecule has 0 aliphatic carbocycles. The van der Waals surface area contributed by atoms with Gasteiger partial charge in [0.15, 0.2) is 5.69 Å². The maximum atomic E-state index is 13.0. The molecule has 0 bridgehead atoms. The van der Waals surface area contributed by atoms with Gasteiger partial charge in [-0.05, 0) is 27.2 Å². The Morgan fingerprint density at radius 3 is 2.78 bits per heavy atom. The number of nitrogens with zero attached hydrogens (tertiary/aromatic N) is 4. The smallest absolute Gasteiger partial charge is 0.273 e. The second kappa shape index (κ2) is 8.34. The van der Waals surface area contributed by atoms with Gasteiger partial charge in [0, 0.05) is 50.2 Å². The number of rotatable bonds is 7. The van der Waals surface area contributed by atoms with E-state index in [0.29, 0.717) is 38.4 Å². The van der Waals surface area contributed by atoms with Crippen molar-refractivity contribution in [2.75, 3.05) is 19.6 Å². The molecule has 146 valence electrons. The van der Waals surface area contributed by atoms with Crippen LogP contribution in [-0.4, -0.2) is 68.5 Å². The molecule has 3 rings (SSSR count). The fraction of sp³-hybridized carbons (Fsp3) is 0.556. The number of aromatic amines is 1. The van der Waals surface area contributed by atoms with Crippen molar-refractivity contribution in [1.82, 2.24) is 30.2 Å². The Morgan fingerprint density at radius 1 is 1.41 bits per heavy atom. The number of H-pyrrole nitrogens is 1. The molecule has 0 radical (unpaired) electrons. The van der Waals surface area contributed by atoms with E-state index in [1.54, 1.807) is 25.5 Å². The number of nitrogens with one attached hydrogen (secondary N) is 2. The summed E-state index contributed by atoms with van der Waals surface area (Å²) in [6, 6.07) is 1.19. The Balaban J connectivity index is 1.71. The second-order valence-electron chi connectivity index (χ2n) is 6.76. The van der Waals surface area contributed by atoms with Gasteiger partial charge in [0.2, 0.25) is 5.91 Å². The predicted octanol–water partition coefficient (Wildman–Crippen LogP) is 0.947. The van der Waals surface area contributed by atoms with E-state index in [2.05, 4.69) is 25.3 Å². The Kier molecular flexibility index (Phi) is 5.90. The summed E-state index contributed by atoms with van der Waals surface area (Å²) in [5, 5.41) is 6.74. The van der Waals surface area contributed by atoms with Crippen molar-refractivity contribution in [3.8, 4) is 0 Å². The number of hydrogen-bond donors (Lipinski definition) is 2. The van der Waals surface area contributed by atoms with Crippen LogP contribution in [0.3, 0.4) is 0 Å². The van der Waals surface area contributed by atoms with Crippen LogP contribution in [0, 0.1) is 6.92 Å². The summed E-state index contributed by atoms with van der Waals surface area (Å²) < 4.78 is 4.97. The predicted molar refractivity (Wildman–Crippen MR) is 97.8 cm³/mol. The van der Waals surface area contributed by atoms with Crippen molar-refractivity contribution in [3.63, 3.8) is 0 Å². The van der Waals surface area contributed by atoms with Gasteiger partial charge >= 0.3 is 0 Å². The van der Waals surface area contributed by atoms with Gasteiger partial charge in [0.25, 0.3) is 5.91 Å². The van der Waals surface area contributed by atoms with E-state index in [1.165, 1.54) is 0 Å². The van der Waals surface area contributed by atoms with Crippen molar-refractivity contribution >= 4 is 11.8 Å². The molecule has 1 fully saturated rings. The average Bonchev–Trinajstić information content (AvgIpc) is 3.38. The van der Waals surface area contributed by atoms with Gasteiger partial charge in [0.1, 0.15) is 5.76 Å².